The Labute approximate surface area is 169 Å². The number of hydrogen-bond acceptors (Lipinski definition) is 11. The van der Waals surface area contributed by atoms with Gasteiger partial charge in [0.05, 0.1) is 26.4 Å². The van der Waals surface area contributed by atoms with Crippen molar-refractivity contribution in [3.05, 3.63) is 0 Å². The summed E-state index contributed by atoms with van der Waals surface area (Å²) in [6.07, 6.45) is -2.89. The van der Waals surface area contributed by atoms with E-state index in [1.54, 1.807) is 0 Å². The predicted molar refractivity (Wildman–Crippen MR) is 97.1 cm³/mol. The normalized spacial score (nSPS) is 12.3. The minimum atomic E-state index is -1.07. The molecule has 0 aliphatic rings. The summed E-state index contributed by atoms with van der Waals surface area (Å²) < 4.78 is 33.7. The van der Waals surface area contributed by atoms with Crippen molar-refractivity contribution in [3.8, 4) is 0 Å². The predicted octanol–water partition coefficient (Wildman–Crippen LogP) is 1.99. The van der Waals surface area contributed by atoms with Gasteiger partial charge in [-0.1, -0.05) is 13.8 Å². The summed E-state index contributed by atoms with van der Waals surface area (Å²) in [6.45, 7) is 6.69. The van der Waals surface area contributed by atoms with Gasteiger partial charge in [-0.3, -0.25) is 0 Å². The second kappa shape index (κ2) is 16.4. The number of carbonyl (C=O) groups is 4. The van der Waals surface area contributed by atoms with Crippen molar-refractivity contribution < 1.29 is 52.3 Å². The molecule has 0 aromatic heterocycles. The number of rotatable bonds is 14. The molecule has 0 heterocycles. The largest absolute Gasteiger partial charge is 0.509 e. The van der Waals surface area contributed by atoms with Crippen molar-refractivity contribution in [1.29, 1.82) is 0 Å². The molecule has 168 valence electrons. The zero-order valence-electron chi connectivity index (χ0n) is 17.3. The fourth-order valence-electron chi connectivity index (χ4n) is 1.56. The Balaban J connectivity index is 3.71. The highest BCUT2D eigenvalue weighted by molar-refractivity contribution is 5.77. The summed E-state index contributed by atoms with van der Waals surface area (Å²) in [4.78, 5) is 45.7. The lowest BCUT2D eigenvalue weighted by Crippen LogP contribution is -2.28. The van der Waals surface area contributed by atoms with Gasteiger partial charge < -0.3 is 33.2 Å². The average molecular weight is 422 g/mol. The van der Waals surface area contributed by atoms with Gasteiger partial charge in [-0.2, -0.15) is 0 Å². The van der Waals surface area contributed by atoms with Gasteiger partial charge in [0.25, 0.3) is 0 Å². The summed E-state index contributed by atoms with van der Waals surface area (Å²) >= 11 is 0. The van der Waals surface area contributed by atoms with Crippen molar-refractivity contribution in [2.75, 3.05) is 39.6 Å². The molecule has 0 aliphatic heterocycles. The first-order chi connectivity index (χ1) is 13.8. The first-order valence-corrected chi connectivity index (χ1v) is 9.39. The van der Waals surface area contributed by atoms with E-state index < -0.39 is 36.5 Å². The van der Waals surface area contributed by atoms with E-state index >= 15 is 0 Å². The van der Waals surface area contributed by atoms with Crippen LogP contribution < -0.4 is 0 Å². The summed E-state index contributed by atoms with van der Waals surface area (Å²) in [5, 5.41) is 0. The number of carbonyl (C=O) groups excluding carboxylic acids is 4. The molecule has 0 aromatic carbocycles. The molecule has 0 saturated carbocycles. The van der Waals surface area contributed by atoms with Crippen molar-refractivity contribution in [2.45, 2.75) is 52.7 Å². The molecule has 0 bridgehead atoms. The number of esters is 2. The molecule has 0 fully saturated rings. The van der Waals surface area contributed by atoms with Crippen LogP contribution in [0, 0.1) is 0 Å². The molecule has 0 saturated heterocycles. The first-order valence-electron chi connectivity index (χ1n) is 9.39. The first kappa shape index (κ1) is 26.4. The molecular weight excluding hydrogens is 392 g/mol. The Kier molecular flexibility index (Phi) is 15.0. The minimum Gasteiger partial charge on any atom is -0.463 e. The van der Waals surface area contributed by atoms with Crippen LogP contribution in [0.1, 0.15) is 40.5 Å². The maximum absolute atomic E-state index is 11.4. The monoisotopic (exact) mass is 422 g/mol. The van der Waals surface area contributed by atoms with E-state index in [1.807, 2.05) is 13.8 Å². The third-order valence-corrected chi connectivity index (χ3v) is 3.00. The lowest BCUT2D eigenvalue weighted by Gasteiger charge is -2.13. The Morgan fingerprint density at radius 1 is 0.586 bits per heavy atom. The van der Waals surface area contributed by atoms with Crippen LogP contribution in [-0.4, -0.2) is 76.1 Å². The summed E-state index contributed by atoms with van der Waals surface area (Å²) in [6, 6.07) is 0. The minimum absolute atomic E-state index is 0.0158. The Bertz CT molecular complexity index is 462. The van der Waals surface area contributed by atoms with Gasteiger partial charge in [0, 0.05) is 0 Å². The quantitative estimate of drug-likeness (QED) is 0.231. The van der Waals surface area contributed by atoms with E-state index in [-0.39, 0.29) is 39.6 Å². The Morgan fingerprint density at radius 3 is 1.31 bits per heavy atom. The standard InChI is InChI=1S/C18H30O11/c1-5-7-24-15(19)13(3)28-17(21)26-11-9-23-10-12-27-18(22)29-14(4)16(20)25-8-6-2/h13-14H,5-12H2,1-4H3/t13-,14+. The van der Waals surface area contributed by atoms with Crippen LogP contribution in [0.4, 0.5) is 9.59 Å². The van der Waals surface area contributed by atoms with Crippen LogP contribution in [0.15, 0.2) is 0 Å². The van der Waals surface area contributed by atoms with E-state index in [9.17, 15) is 19.2 Å². The molecule has 0 aromatic rings. The van der Waals surface area contributed by atoms with Crippen LogP contribution in [-0.2, 0) is 42.7 Å². The van der Waals surface area contributed by atoms with E-state index in [0.29, 0.717) is 12.8 Å². The summed E-state index contributed by atoms with van der Waals surface area (Å²) in [5.41, 5.74) is 0. The van der Waals surface area contributed by atoms with Crippen molar-refractivity contribution in [3.63, 3.8) is 0 Å². The number of hydrogen-bond donors (Lipinski definition) is 0. The molecular formula is C18H30O11. The SMILES string of the molecule is CCCOC(=O)[C@H](C)OC(=O)OCCOCCOC(=O)O[C@H](C)C(=O)OCCC. The van der Waals surface area contributed by atoms with E-state index in [4.69, 9.17) is 33.2 Å². The Morgan fingerprint density at radius 2 is 0.966 bits per heavy atom. The molecule has 0 unspecified atom stereocenters. The zero-order chi connectivity index (χ0) is 22.1. The van der Waals surface area contributed by atoms with E-state index in [0.717, 1.165) is 0 Å². The molecule has 0 spiro atoms. The summed E-state index contributed by atoms with van der Waals surface area (Å²) in [7, 11) is 0. The zero-order valence-corrected chi connectivity index (χ0v) is 17.3. The summed E-state index contributed by atoms with van der Waals surface area (Å²) in [5.74, 6) is -1.31. The maximum atomic E-state index is 11.4. The second-order valence-electron chi connectivity index (χ2n) is 5.66. The molecule has 0 amide bonds. The van der Waals surface area contributed by atoms with Gasteiger partial charge in [0.2, 0.25) is 0 Å². The van der Waals surface area contributed by atoms with Gasteiger partial charge in [-0.15, -0.1) is 0 Å². The lowest BCUT2D eigenvalue weighted by molar-refractivity contribution is -0.154. The van der Waals surface area contributed by atoms with Gasteiger partial charge in [0.1, 0.15) is 13.2 Å². The van der Waals surface area contributed by atoms with Gasteiger partial charge in [-0.25, -0.2) is 19.2 Å². The average Bonchev–Trinajstić information content (AvgIpc) is 2.68. The van der Waals surface area contributed by atoms with Gasteiger partial charge >= 0.3 is 24.2 Å². The van der Waals surface area contributed by atoms with Crippen molar-refractivity contribution in [2.24, 2.45) is 0 Å². The fourth-order valence-corrected chi connectivity index (χ4v) is 1.56. The highest BCUT2D eigenvalue weighted by Crippen LogP contribution is 2.00. The van der Waals surface area contributed by atoms with Gasteiger partial charge in [0.15, 0.2) is 12.2 Å². The third kappa shape index (κ3) is 14.1. The van der Waals surface area contributed by atoms with Crippen LogP contribution in [0.25, 0.3) is 0 Å². The van der Waals surface area contributed by atoms with Crippen LogP contribution in [0.3, 0.4) is 0 Å². The van der Waals surface area contributed by atoms with E-state index in [2.05, 4.69) is 0 Å². The second-order valence-corrected chi connectivity index (χ2v) is 5.66. The molecule has 0 aliphatic carbocycles. The topological polar surface area (TPSA) is 133 Å². The molecule has 0 N–H and O–H groups in total. The number of ether oxygens (including phenoxy) is 7. The van der Waals surface area contributed by atoms with Crippen molar-refractivity contribution >= 4 is 24.2 Å². The van der Waals surface area contributed by atoms with E-state index in [1.165, 1.54) is 13.8 Å². The molecule has 0 rings (SSSR count). The smallest absolute Gasteiger partial charge is 0.463 e. The van der Waals surface area contributed by atoms with Crippen LogP contribution in [0.5, 0.6) is 0 Å². The lowest BCUT2D eigenvalue weighted by atomic mass is 10.4. The maximum Gasteiger partial charge on any atom is 0.509 e. The highest BCUT2D eigenvalue weighted by atomic mass is 16.7. The molecule has 29 heavy (non-hydrogen) atoms. The molecule has 11 heteroatoms. The van der Waals surface area contributed by atoms with Gasteiger partial charge in [-0.05, 0) is 26.7 Å². The molecule has 2 atom stereocenters. The fraction of sp³-hybridized carbons (Fsp3) is 0.778. The van der Waals surface area contributed by atoms with Crippen molar-refractivity contribution in [1.82, 2.24) is 0 Å². The molecule has 0 radical (unpaired) electrons. The highest BCUT2D eigenvalue weighted by Gasteiger charge is 2.20. The third-order valence-electron chi connectivity index (χ3n) is 3.00. The molecule has 11 nitrogen and oxygen atoms in total. The van der Waals surface area contributed by atoms with Crippen LogP contribution >= 0.6 is 0 Å². The van der Waals surface area contributed by atoms with Crippen LogP contribution in [0.2, 0.25) is 0 Å². The Hall–Kier alpha value is -2.56.